The number of hydrogen-bond acceptors (Lipinski definition) is 4. The van der Waals surface area contributed by atoms with Crippen molar-refractivity contribution >= 4 is 0 Å². The van der Waals surface area contributed by atoms with Gasteiger partial charge < -0.3 is 4.74 Å². The largest absolute Gasteiger partial charge is 0.372 e. The lowest BCUT2D eigenvalue weighted by atomic mass is 10.1. The maximum Gasteiger partial charge on any atom is 0.0967 e. The van der Waals surface area contributed by atoms with Crippen LogP contribution in [0.2, 0.25) is 0 Å². The second-order valence-corrected chi connectivity index (χ2v) is 7.34. The Kier molecular flexibility index (Phi) is 3.58. The molecular weight excluding hydrogens is 252 g/mol. The zero-order valence-corrected chi connectivity index (χ0v) is 13.0. The van der Waals surface area contributed by atoms with E-state index >= 15 is 0 Å². The molecule has 0 unspecified atom stereocenters. The van der Waals surface area contributed by atoms with Crippen molar-refractivity contribution in [3.63, 3.8) is 0 Å². The van der Waals surface area contributed by atoms with Crippen molar-refractivity contribution in [3.8, 4) is 0 Å². The van der Waals surface area contributed by atoms with Gasteiger partial charge in [0.2, 0.25) is 0 Å². The van der Waals surface area contributed by atoms with Crippen molar-refractivity contribution in [2.24, 2.45) is 5.92 Å². The number of morpholine rings is 1. The summed E-state index contributed by atoms with van der Waals surface area (Å²) >= 11 is 0. The van der Waals surface area contributed by atoms with Crippen LogP contribution >= 0.6 is 0 Å². The van der Waals surface area contributed by atoms with E-state index in [1.54, 1.807) is 0 Å². The predicted molar refractivity (Wildman–Crippen MR) is 77.4 cm³/mol. The van der Waals surface area contributed by atoms with Crippen molar-refractivity contribution < 1.29 is 4.74 Å². The van der Waals surface area contributed by atoms with Crippen LogP contribution in [-0.4, -0.2) is 45.2 Å². The maximum atomic E-state index is 6.05. The summed E-state index contributed by atoms with van der Waals surface area (Å²) in [4.78, 5) is 2.47. The van der Waals surface area contributed by atoms with E-state index in [0.717, 1.165) is 31.2 Å². The lowest BCUT2D eigenvalue weighted by Crippen LogP contribution is -2.46. The van der Waals surface area contributed by atoms with Gasteiger partial charge in [-0.15, -0.1) is 5.10 Å². The number of hydrogen-bond donors (Lipinski definition) is 0. The van der Waals surface area contributed by atoms with Crippen LogP contribution in [0.5, 0.6) is 0 Å². The minimum absolute atomic E-state index is 0.0000981. The van der Waals surface area contributed by atoms with Gasteiger partial charge in [0.1, 0.15) is 0 Å². The summed E-state index contributed by atoms with van der Waals surface area (Å²) in [6.07, 6.45) is 5.51. The molecule has 0 amide bonds. The highest BCUT2D eigenvalue weighted by Crippen LogP contribution is 2.36. The molecule has 0 radical (unpaired) electrons. The molecule has 0 N–H and O–H groups in total. The van der Waals surface area contributed by atoms with Crippen molar-refractivity contribution in [1.29, 1.82) is 0 Å². The first kappa shape index (κ1) is 14.0. The molecule has 112 valence electrons. The molecule has 2 fully saturated rings. The Balaban J connectivity index is 1.63. The van der Waals surface area contributed by atoms with Crippen molar-refractivity contribution in [2.75, 3.05) is 13.1 Å². The van der Waals surface area contributed by atoms with E-state index in [-0.39, 0.29) is 5.54 Å². The van der Waals surface area contributed by atoms with Gasteiger partial charge in [-0.25, -0.2) is 4.68 Å². The van der Waals surface area contributed by atoms with E-state index in [9.17, 15) is 0 Å². The highest BCUT2D eigenvalue weighted by Gasteiger charge is 2.37. The molecule has 5 heteroatoms. The average Bonchev–Trinajstić information content (AvgIpc) is 3.08. The zero-order chi connectivity index (χ0) is 14.3. The molecule has 2 atom stereocenters. The normalized spacial score (nSPS) is 28.8. The summed E-state index contributed by atoms with van der Waals surface area (Å²) in [6.45, 7) is 11.5. The number of aromatic nitrogens is 3. The van der Waals surface area contributed by atoms with Gasteiger partial charge >= 0.3 is 0 Å². The minimum Gasteiger partial charge on any atom is -0.372 e. The van der Waals surface area contributed by atoms with E-state index in [1.807, 2.05) is 4.68 Å². The second kappa shape index (κ2) is 5.11. The van der Waals surface area contributed by atoms with Crippen LogP contribution < -0.4 is 0 Å². The van der Waals surface area contributed by atoms with Crippen LogP contribution in [0.15, 0.2) is 6.20 Å². The number of ether oxygens (including phenoxy) is 1. The summed E-state index contributed by atoms with van der Waals surface area (Å²) in [5, 5.41) is 8.56. The Labute approximate surface area is 121 Å². The fourth-order valence-electron chi connectivity index (χ4n) is 2.86. The fourth-order valence-corrected chi connectivity index (χ4v) is 2.86. The summed E-state index contributed by atoms with van der Waals surface area (Å²) in [5.41, 5.74) is 1.06. The molecule has 5 nitrogen and oxygen atoms in total. The minimum atomic E-state index is 0.0000981. The van der Waals surface area contributed by atoms with Gasteiger partial charge in [-0.1, -0.05) is 5.21 Å². The van der Waals surface area contributed by atoms with E-state index < -0.39 is 0 Å². The van der Waals surface area contributed by atoms with Gasteiger partial charge in [0.05, 0.1) is 29.6 Å². The molecule has 1 aromatic rings. The Bertz CT molecular complexity index is 461. The molecule has 1 saturated carbocycles. The summed E-state index contributed by atoms with van der Waals surface area (Å²) in [5.74, 6) is 0.797. The van der Waals surface area contributed by atoms with Crippen LogP contribution in [0.1, 0.15) is 46.2 Å². The van der Waals surface area contributed by atoms with E-state index in [2.05, 4.69) is 49.1 Å². The van der Waals surface area contributed by atoms with Crippen molar-refractivity contribution in [3.05, 3.63) is 11.9 Å². The lowest BCUT2D eigenvalue weighted by molar-refractivity contribution is -0.0884. The molecular formula is C15H26N4O. The van der Waals surface area contributed by atoms with Gasteiger partial charge in [-0.2, -0.15) is 0 Å². The van der Waals surface area contributed by atoms with Crippen LogP contribution in [-0.2, 0) is 16.8 Å². The molecule has 1 saturated heterocycles. The molecule has 0 bridgehead atoms. The Morgan fingerprint density at radius 3 is 2.65 bits per heavy atom. The van der Waals surface area contributed by atoms with E-state index in [4.69, 9.17) is 4.74 Å². The molecule has 3 rings (SSSR count). The van der Waals surface area contributed by atoms with Crippen molar-refractivity contribution in [1.82, 2.24) is 19.9 Å². The number of nitrogens with zero attached hydrogens (tertiary/aromatic N) is 4. The van der Waals surface area contributed by atoms with Crippen LogP contribution in [0.25, 0.3) is 0 Å². The average molecular weight is 278 g/mol. The first-order valence-corrected chi connectivity index (χ1v) is 7.71. The smallest absolute Gasteiger partial charge is 0.0967 e. The monoisotopic (exact) mass is 278 g/mol. The molecule has 1 aliphatic carbocycles. The third-order valence-corrected chi connectivity index (χ3v) is 4.12. The molecule has 2 aliphatic rings. The van der Waals surface area contributed by atoms with Crippen LogP contribution in [0, 0.1) is 5.92 Å². The van der Waals surface area contributed by atoms with Gasteiger partial charge in [-0.3, -0.25) is 4.90 Å². The Morgan fingerprint density at radius 2 is 2.05 bits per heavy atom. The first-order valence-electron chi connectivity index (χ1n) is 7.71. The third kappa shape index (κ3) is 3.20. The first-order chi connectivity index (χ1) is 9.41. The van der Waals surface area contributed by atoms with Gasteiger partial charge in [-0.05, 0) is 46.5 Å². The quantitative estimate of drug-likeness (QED) is 0.848. The van der Waals surface area contributed by atoms with Gasteiger partial charge in [0.25, 0.3) is 0 Å². The molecule has 2 heterocycles. The van der Waals surface area contributed by atoms with Crippen molar-refractivity contribution in [2.45, 2.75) is 64.8 Å². The maximum absolute atomic E-state index is 6.05. The Hall–Kier alpha value is -0.940. The number of rotatable bonds is 3. The standard InChI is InChI=1S/C15H26N4O/c1-11-7-18(10-14(20-11)12-5-6-12)8-13-9-19(17-16-13)15(2,3)4/h9,11-12,14H,5-8,10H2,1-4H3/t11-,14-/m0/s1. The molecule has 20 heavy (non-hydrogen) atoms. The van der Waals surface area contributed by atoms with Crippen LogP contribution in [0.3, 0.4) is 0 Å². The second-order valence-electron chi connectivity index (χ2n) is 7.34. The van der Waals surface area contributed by atoms with Gasteiger partial charge in [0.15, 0.2) is 0 Å². The summed E-state index contributed by atoms with van der Waals surface area (Å²) in [6, 6.07) is 0. The lowest BCUT2D eigenvalue weighted by Gasteiger charge is -2.36. The summed E-state index contributed by atoms with van der Waals surface area (Å²) < 4.78 is 8.00. The van der Waals surface area contributed by atoms with E-state index in [0.29, 0.717) is 12.2 Å². The zero-order valence-electron chi connectivity index (χ0n) is 13.0. The molecule has 1 aromatic heterocycles. The Morgan fingerprint density at radius 1 is 1.30 bits per heavy atom. The van der Waals surface area contributed by atoms with Crippen LogP contribution in [0.4, 0.5) is 0 Å². The SMILES string of the molecule is C[C@H]1CN(Cc2cn(C(C)(C)C)nn2)C[C@@H](C2CC2)O1. The molecule has 1 aliphatic heterocycles. The molecule has 0 spiro atoms. The highest BCUT2D eigenvalue weighted by molar-refractivity contribution is 4.97. The summed E-state index contributed by atoms with van der Waals surface area (Å²) in [7, 11) is 0. The fraction of sp³-hybridized carbons (Fsp3) is 0.867. The molecule has 0 aromatic carbocycles. The van der Waals surface area contributed by atoms with E-state index in [1.165, 1.54) is 12.8 Å². The predicted octanol–water partition coefficient (Wildman–Crippen LogP) is 2.03. The highest BCUT2D eigenvalue weighted by atomic mass is 16.5. The van der Waals surface area contributed by atoms with Gasteiger partial charge in [0, 0.05) is 19.6 Å². The topological polar surface area (TPSA) is 43.2 Å². The third-order valence-electron chi connectivity index (χ3n) is 4.12.